The van der Waals surface area contributed by atoms with Crippen molar-refractivity contribution in [2.75, 3.05) is 31.6 Å². The van der Waals surface area contributed by atoms with Crippen molar-refractivity contribution in [3.8, 4) is 11.8 Å². The molecule has 1 N–H and O–H groups in total. The molecule has 1 aliphatic heterocycles. The van der Waals surface area contributed by atoms with Crippen molar-refractivity contribution in [2.24, 2.45) is 5.41 Å². The molecule has 3 aromatic rings. The zero-order valence-electron chi connectivity index (χ0n) is 19.5. The highest BCUT2D eigenvalue weighted by Crippen LogP contribution is 2.46. The zero-order valence-corrected chi connectivity index (χ0v) is 19.5. The fourth-order valence-electron chi connectivity index (χ4n) is 5.54. The molecule has 176 valence electrons. The number of fused-ring (bicyclic) bond motifs is 1. The van der Waals surface area contributed by atoms with Gasteiger partial charge in [0.25, 0.3) is 5.91 Å². The van der Waals surface area contributed by atoms with Gasteiger partial charge in [0.1, 0.15) is 23.5 Å². The van der Waals surface area contributed by atoms with Crippen LogP contribution in [0.2, 0.25) is 0 Å². The lowest BCUT2D eigenvalue weighted by Crippen LogP contribution is -2.47. The zero-order chi connectivity index (χ0) is 23.5. The predicted molar refractivity (Wildman–Crippen MR) is 129 cm³/mol. The SMILES string of the molecule is CN(c1ncnc2[nH]ccc12)C1CCC2(CC1)CCN(C(=O)COc1cccc(C#N)c1)CC2. The highest BCUT2D eigenvalue weighted by molar-refractivity contribution is 5.87. The molecule has 3 heterocycles. The molecule has 5 rings (SSSR count). The Kier molecular flexibility index (Phi) is 6.10. The van der Waals surface area contributed by atoms with Crippen LogP contribution in [0.25, 0.3) is 11.0 Å². The molecule has 34 heavy (non-hydrogen) atoms. The van der Waals surface area contributed by atoms with E-state index in [0.29, 0.717) is 22.8 Å². The maximum atomic E-state index is 12.7. The third kappa shape index (κ3) is 4.43. The normalized spacial score (nSPS) is 18.1. The van der Waals surface area contributed by atoms with Crippen molar-refractivity contribution in [2.45, 2.75) is 44.6 Å². The van der Waals surface area contributed by atoms with Gasteiger partial charge in [-0.2, -0.15) is 5.26 Å². The van der Waals surface area contributed by atoms with E-state index in [9.17, 15) is 4.79 Å². The number of carbonyl (C=O) groups excluding carboxylic acids is 1. The molecule has 1 aliphatic carbocycles. The van der Waals surface area contributed by atoms with Crippen LogP contribution in [-0.2, 0) is 4.79 Å². The Labute approximate surface area is 199 Å². The smallest absolute Gasteiger partial charge is 0.260 e. The molecule has 8 heteroatoms. The Morgan fingerprint density at radius 2 is 2.03 bits per heavy atom. The number of aromatic amines is 1. The fraction of sp³-hybridized carbons (Fsp3) is 0.462. The van der Waals surface area contributed by atoms with Crippen LogP contribution in [0.3, 0.4) is 0 Å². The fourth-order valence-corrected chi connectivity index (χ4v) is 5.54. The first kappa shape index (κ1) is 22.2. The molecule has 1 saturated carbocycles. The molecule has 8 nitrogen and oxygen atoms in total. The van der Waals surface area contributed by atoms with Crippen molar-refractivity contribution in [3.63, 3.8) is 0 Å². The summed E-state index contributed by atoms with van der Waals surface area (Å²) in [5.74, 6) is 1.57. The minimum absolute atomic E-state index is 0.0152. The molecule has 1 amide bonds. The van der Waals surface area contributed by atoms with Gasteiger partial charge in [-0.05, 0) is 68.2 Å². The number of likely N-dealkylation sites (tertiary alicyclic amines) is 1. The second kappa shape index (κ2) is 9.34. The standard InChI is InChI=1S/C26H30N6O2/c1-31(25-22-7-12-28-24(22)29-18-30-25)20-5-8-26(9-6-20)10-13-32(14-11-26)23(33)17-34-21-4-2-3-19(15-21)16-27/h2-4,7,12,15,18,20H,5-6,8-11,13-14,17H2,1H3,(H,28,29,30). The quantitative estimate of drug-likeness (QED) is 0.623. The van der Waals surface area contributed by atoms with Crippen molar-refractivity contribution in [1.82, 2.24) is 19.9 Å². The maximum absolute atomic E-state index is 12.7. The molecule has 2 fully saturated rings. The van der Waals surface area contributed by atoms with Gasteiger partial charge in [-0.25, -0.2) is 9.97 Å². The number of benzene rings is 1. The van der Waals surface area contributed by atoms with Crippen molar-refractivity contribution in [3.05, 3.63) is 48.4 Å². The second-order valence-corrected chi connectivity index (χ2v) is 9.59. The summed E-state index contributed by atoms with van der Waals surface area (Å²) in [6, 6.07) is 11.5. The van der Waals surface area contributed by atoms with Crippen molar-refractivity contribution >= 4 is 22.8 Å². The molecule has 1 saturated heterocycles. The number of anilines is 1. The average molecular weight is 459 g/mol. The molecule has 1 spiro atoms. The largest absolute Gasteiger partial charge is 0.484 e. The summed E-state index contributed by atoms with van der Waals surface area (Å²) >= 11 is 0. The Balaban J connectivity index is 1.12. The topological polar surface area (TPSA) is 98.1 Å². The van der Waals surface area contributed by atoms with E-state index in [4.69, 9.17) is 10.00 Å². The number of hydrogen-bond donors (Lipinski definition) is 1. The number of rotatable bonds is 5. The number of carbonyl (C=O) groups is 1. The van der Waals surface area contributed by atoms with Gasteiger partial charge < -0.3 is 19.5 Å². The van der Waals surface area contributed by atoms with Gasteiger partial charge in [0.05, 0.1) is 17.0 Å². The van der Waals surface area contributed by atoms with E-state index in [0.717, 1.165) is 55.6 Å². The number of hydrogen-bond acceptors (Lipinski definition) is 6. The Hall–Kier alpha value is -3.60. The van der Waals surface area contributed by atoms with Gasteiger partial charge in [-0.3, -0.25) is 4.79 Å². The third-order valence-electron chi connectivity index (χ3n) is 7.73. The lowest BCUT2D eigenvalue weighted by atomic mass is 9.66. The highest BCUT2D eigenvalue weighted by atomic mass is 16.5. The molecule has 1 aromatic carbocycles. The predicted octanol–water partition coefficient (Wildman–Crippen LogP) is 3.90. The lowest BCUT2D eigenvalue weighted by Gasteiger charge is -2.47. The van der Waals surface area contributed by atoms with Gasteiger partial charge in [-0.1, -0.05) is 6.07 Å². The van der Waals surface area contributed by atoms with Crippen LogP contribution in [0.15, 0.2) is 42.9 Å². The van der Waals surface area contributed by atoms with E-state index in [1.54, 1.807) is 30.6 Å². The number of H-pyrrole nitrogens is 1. The van der Waals surface area contributed by atoms with Crippen LogP contribution in [-0.4, -0.2) is 58.5 Å². The molecular formula is C26H30N6O2. The molecule has 0 unspecified atom stereocenters. The van der Waals surface area contributed by atoms with Gasteiger partial charge in [0.15, 0.2) is 6.61 Å². The second-order valence-electron chi connectivity index (χ2n) is 9.59. The van der Waals surface area contributed by atoms with Crippen LogP contribution < -0.4 is 9.64 Å². The van der Waals surface area contributed by atoms with E-state index in [-0.39, 0.29) is 12.5 Å². The van der Waals surface area contributed by atoms with Gasteiger partial charge in [0, 0.05) is 32.4 Å². The molecule has 0 atom stereocenters. The summed E-state index contributed by atoms with van der Waals surface area (Å²) in [7, 11) is 2.14. The Bertz CT molecular complexity index is 1200. The van der Waals surface area contributed by atoms with E-state index >= 15 is 0 Å². The van der Waals surface area contributed by atoms with E-state index < -0.39 is 0 Å². The summed E-state index contributed by atoms with van der Waals surface area (Å²) in [5, 5.41) is 10.1. The summed E-state index contributed by atoms with van der Waals surface area (Å²) < 4.78 is 5.65. The third-order valence-corrected chi connectivity index (χ3v) is 7.73. The minimum atomic E-state index is 0.0152. The lowest BCUT2D eigenvalue weighted by molar-refractivity contribution is -0.136. The van der Waals surface area contributed by atoms with Gasteiger partial charge >= 0.3 is 0 Å². The van der Waals surface area contributed by atoms with Crippen LogP contribution in [0, 0.1) is 16.7 Å². The van der Waals surface area contributed by atoms with Crippen molar-refractivity contribution in [1.29, 1.82) is 5.26 Å². The van der Waals surface area contributed by atoms with Gasteiger partial charge in [0.2, 0.25) is 0 Å². The summed E-state index contributed by atoms with van der Waals surface area (Å²) in [5.41, 5.74) is 1.75. The number of nitrogens with zero attached hydrogens (tertiary/aromatic N) is 5. The molecule has 2 aliphatic rings. The first-order valence-electron chi connectivity index (χ1n) is 12.0. The number of aromatic nitrogens is 3. The number of amides is 1. The first-order chi connectivity index (χ1) is 16.6. The first-order valence-corrected chi connectivity index (χ1v) is 12.0. The van der Waals surface area contributed by atoms with Crippen molar-refractivity contribution < 1.29 is 9.53 Å². The van der Waals surface area contributed by atoms with E-state index in [1.807, 2.05) is 17.2 Å². The molecule has 0 bridgehead atoms. The minimum Gasteiger partial charge on any atom is -0.484 e. The van der Waals surface area contributed by atoms with Crippen LogP contribution in [0.5, 0.6) is 5.75 Å². The number of nitrogens with one attached hydrogen (secondary N) is 1. The van der Waals surface area contributed by atoms with Crippen LogP contribution in [0.4, 0.5) is 5.82 Å². The van der Waals surface area contributed by atoms with E-state index in [1.165, 1.54) is 12.8 Å². The van der Waals surface area contributed by atoms with Crippen LogP contribution >= 0.6 is 0 Å². The van der Waals surface area contributed by atoms with Crippen LogP contribution in [0.1, 0.15) is 44.1 Å². The Morgan fingerprint density at radius 1 is 1.24 bits per heavy atom. The average Bonchev–Trinajstić information content (AvgIpc) is 3.37. The molecule has 2 aromatic heterocycles. The summed E-state index contributed by atoms with van der Waals surface area (Å²) in [6.45, 7) is 1.59. The number of nitriles is 1. The molecule has 0 radical (unpaired) electrons. The van der Waals surface area contributed by atoms with Gasteiger partial charge in [-0.15, -0.1) is 0 Å². The molecular weight excluding hydrogens is 428 g/mol. The maximum Gasteiger partial charge on any atom is 0.260 e. The number of ether oxygens (including phenoxy) is 1. The monoisotopic (exact) mass is 458 g/mol. The number of piperidine rings is 1. The summed E-state index contributed by atoms with van der Waals surface area (Å²) in [4.78, 5) is 29.0. The van der Waals surface area contributed by atoms with E-state index in [2.05, 4.69) is 33.0 Å². The summed E-state index contributed by atoms with van der Waals surface area (Å²) in [6.07, 6.45) is 10.3. The highest BCUT2D eigenvalue weighted by Gasteiger charge is 2.40. The Morgan fingerprint density at radius 3 is 2.79 bits per heavy atom.